The van der Waals surface area contributed by atoms with Crippen LogP contribution in [0.5, 0.6) is 0 Å². The molecule has 0 atom stereocenters. The molecule has 0 spiro atoms. The fourth-order valence-corrected chi connectivity index (χ4v) is 2.15. The van der Waals surface area contributed by atoms with Crippen molar-refractivity contribution in [3.63, 3.8) is 0 Å². The Labute approximate surface area is 144 Å². The van der Waals surface area contributed by atoms with E-state index in [1.807, 2.05) is 6.07 Å². The third kappa shape index (κ3) is 4.80. The molecule has 0 bridgehead atoms. The lowest BCUT2D eigenvalue weighted by Gasteiger charge is -2.21. The molecule has 0 saturated carbocycles. The van der Waals surface area contributed by atoms with Crippen molar-refractivity contribution >= 4 is 29.2 Å². The summed E-state index contributed by atoms with van der Waals surface area (Å²) in [5.41, 5.74) is 0.660. The molecule has 1 heterocycles. The van der Waals surface area contributed by atoms with Gasteiger partial charge in [-0.25, -0.2) is 9.78 Å². The number of anilines is 1. The van der Waals surface area contributed by atoms with Crippen molar-refractivity contribution in [3.8, 4) is 6.07 Å². The standard InChI is InChI=1S/C17H14ClN3O3/c18-13-5-3-6-14(11-13)21(10-4-8-19)16(22)12-24-17(23)15-7-1-2-9-20-15/h1-3,5-7,9,11H,4,10,12H2. The number of esters is 1. The summed E-state index contributed by atoms with van der Waals surface area (Å²) in [4.78, 5) is 29.4. The molecule has 0 aliphatic rings. The number of rotatable bonds is 6. The van der Waals surface area contributed by atoms with Gasteiger partial charge in [-0.3, -0.25) is 4.79 Å². The maximum Gasteiger partial charge on any atom is 0.357 e. The summed E-state index contributed by atoms with van der Waals surface area (Å²) < 4.78 is 4.99. The number of pyridine rings is 1. The fraction of sp³-hybridized carbons (Fsp3) is 0.176. The third-order valence-electron chi connectivity index (χ3n) is 3.07. The number of benzene rings is 1. The molecule has 0 fully saturated rings. The van der Waals surface area contributed by atoms with E-state index in [4.69, 9.17) is 21.6 Å². The second-order valence-electron chi connectivity index (χ2n) is 4.72. The number of amides is 1. The van der Waals surface area contributed by atoms with Crippen LogP contribution < -0.4 is 4.90 Å². The highest BCUT2D eigenvalue weighted by Gasteiger charge is 2.18. The molecule has 1 amide bonds. The number of carbonyl (C=O) groups excluding carboxylic acids is 2. The first kappa shape index (κ1) is 17.4. The van der Waals surface area contributed by atoms with Gasteiger partial charge in [0.05, 0.1) is 12.5 Å². The zero-order valence-corrected chi connectivity index (χ0v) is 13.4. The number of hydrogen-bond donors (Lipinski definition) is 0. The van der Waals surface area contributed by atoms with Crippen LogP contribution in [-0.4, -0.2) is 30.0 Å². The molecule has 122 valence electrons. The Kier molecular flexibility index (Phi) is 6.29. The molecule has 0 N–H and O–H groups in total. The summed E-state index contributed by atoms with van der Waals surface area (Å²) >= 11 is 5.94. The van der Waals surface area contributed by atoms with E-state index >= 15 is 0 Å². The van der Waals surface area contributed by atoms with Crippen LogP contribution in [0.2, 0.25) is 5.02 Å². The summed E-state index contributed by atoms with van der Waals surface area (Å²) in [6.07, 6.45) is 1.61. The molecule has 7 heteroatoms. The van der Waals surface area contributed by atoms with Gasteiger partial charge in [-0.1, -0.05) is 23.7 Å². The predicted octanol–water partition coefficient (Wildman–Crippen LogP) is 2.84. The second-order valence-corrected chi connectivity index (χ2v) is 5.16. The van der Waals surface area contributed by atoms with Crippen LogP contribution >= 0.6 is 11.6 Å². The molecule has 6 nitrogen and oxygen atoms in total. The lowest BCUT2D eigenvalue weighted by molar-refractivity contribution is -0.121. The van der Waals surface area contributed by atoms with E-state index in [9.17, 15) is 9.59 Å². The molecule has 1 aromatic heterocycles. The highest BCUT2D eigenvalue weighted by atomic mass is 35.5. The number of halogens is 1. The summed E-state index contributed by atoms with van der Waals surface area (Å²) in [6.45, 7) is -0.274. The Balaban J connectivity index is 2.05. The summed E-state index contributed by atoms with van der Waals surface area (Å²) in [6, 6.07) is 13.5. The number of aromatic nitrogens is 1. The molecular formula is C17H14ClN3O3. The van der Waals surface area contributed by atoms with Crippen LogP contribution in [0.1, 0.15) is 16.9 Å². The zero-order valence-electron chi connectivity index (χ0n) is 12.7. The van der Waals surface area contributed by atoms with Gasteiger partial charge in [0.1, 0.15) is 5.69 Å². The smallest absolute Gasteiger partial charge is 0.357 e. The predicted molar refractivity (Wildman–Crippen MR) is 88.6 cm³/mol. The van der Waals surface area contributed by atoms with Gasteiger partial charge in [-0.05, 0) is 30.3 Å². The van der Waals surface area contributed by atoms with E-state index < -0.39 is 18.5 Å². The van der Waals surface area contributed by atoms with Crippen LogP contribution in [0.25, 0.3) is 0 Å². The monoisotopic (exact) mass is 343 g/mol. The zero-order chi connectivity index (χ0) is 17.4. The van der Waals surface area contributed by atoms with E-state index in [-0.39, 0.29) is 18.7 Å². The number of hydrogen-bond acceptors (Lipinski definition) is 5. The minimum absolute atomic E-state index is 0.122. The van der Waals surface area contributed by atoms with E-state index in [0.717, 1.165) is 0 Å². The minimum atomic E-state index is -0.685. The van der Waals surface area contributed by atoms with Crippen molar-refractivity contribution in [2.24, 2.45) is 0 Å². The normalized spacial score (nSPS) is 9.83. The Bertz CT molecular complexity index is 759. The number of nitrogens with zero attached hydrogens (tertiary/aromatic N) is 3. The van der Waals surface area contributed by atoms with E-state index in [1.165, 1.54) is 17.2 Å². The highest BCUT2D eigenvalue weighted by molar-refractivity contribution is 6.30. The summed E-state index contributed by atoms with van der Waals surface area (Å²) in [5, 5.41) is 9.22. The highest BCUT2D eigenvalue weighted by Crippen LogP contribution is 2.20. The van der Waals surface area contributed by atoms with Crippen LogP contribution in [0.15, 0.2) is 48.7 Å². The lowest BCUT2D eigenvalue weighted by Crippen LogP contribution is -2.35. The van der Waals surface area contributed by atoms with Gasteiger partial charge in [-0.15, -0.1) is 0 Å². The van der Waals surface area contributed by atoms with Crippen LogP contribution in [0.3, 0.4) is 0 Å². The average Bonchev–Trinajstić information content (AvgIpc) is 2.61. The molecule has 2 rings (SSSR count). The van der Waals surface area contributed by atoms with Crippen molar-refractivity contribution in [1.82, 2.24) is 4.98 Å². The molecule has 0 aliphatic carbocycles. The summed E-state index contributed by atoms with van der Waals surface area (Å²) in [7, 11) is 0. The van der Waals surface area contributed by atoms with E-state index in [1.54, 1.807) is 36.4 Å². The van der Waals surface area contributed by atoms with Gasteiger partial charge in [0.25, 0.3) is 5.91 Å². The first-order valence-corrected chi connectivity index (χ1v) is 7.50. The van der Waals surface area contributed by atoms with Crippen molar-refractivity contribution < 1.29 is 14.3 Å². The molecule has 1 aromatic carbocycles. The van der Waals surface area contributed by atoms with Gasteiger partial charge < -0.3 is 9.64 Å². The van der Waals surface area contributed by atoms with Crippen molar-refractivity contribution in [3.05, 3.63) is 59.4 Å². The third-order valence-corrected chi connectivity index (χ3v) is 3.30. The van der Waals surface area contributed by atoms with Crippen molar-refractivity contribution in [2.45, 2.75) is 6.42 Å². The molecule has 24 heavy (non-hydrogen) atoms. The Hall–Kier alpha value is -2.91. The van der Waals surface area contributed by atoms with Gasteiger partial charge >= 0.3 is 5.97 Å². The molecule has 2 aromatic rings. The van der Waals surface area contributed by atoms with Gasteiger partial charge in [0.2, 0.25) is 0 Å². The Morgan fingerprint density at radius 3 is 2.75 bits per heavy atom. The van der Waals surface area contributed by atoms with Crippen LogP contribution in [0, 0.1) is 11.3 Å². The maximum atomic E-state index is 12.4. The Morgan fingerprint density at radius 1 is 1.25 bits per heavy atom. The molecule has 0 radical (unpaired) electrons. The first-order chi connectivity index (χ1) is 11.6. The molecular weight excluding hydrogens is 330 g/mol. The quantitative estimate of drug-likeness (QED) is 0.753. The molecule has 0 saturated heterocycles. The van der Waals surface area contributed by atoms with E-state index in [2.05, 4.69) is 4.98 Å². The van der Waals surface area contributed by atoms with Gasteiger partial charge in [0.15, 0.2) is 6.61 Å². The fourth-order valence-electron chi connectivity index (χ4n) is 1.97. The SMILES string of the molecule is N#CCCN(C(=O)COC(=O)c1ccccn1)c1cccc(Cl)c1. The Morgan fingerprint density at radius 2 is 2.08 bits per heavy atom. The average molecular weight is 344 g/mol. The lowest BCUT2D eigenvalue weighted by atomic mass is 10.2. The maximum absolute atomic E-state index is 12.4. The summed E-state index contributed by atoms with van der Waals surface area (Å²) in [5.74, 6) is -1.13. The number of ether oxygens (including phenoxy) is 1. The van der Waals surface area contributed by atoms with Crippen molar-refractivity contribution in [2.75, 3.05) is 18.1 Å². The number of nitriles is 1. The largest absolute Gasteiger partial charge is 0.451 e. The van der Waals surface area contributed by atoms with Crippen LogP contribution in [-0.2, 0) is 9.53 Å². The van der Waals surface area contributed by atoms with E-state index in [0.29, 0.717) is 10.7 Å². The van der Waals surface area contributed by atoms with Crippen molar-refractivity contribution in [1.29, 1.82) is 5.26 Å². The minimum Gasteiger partial charge on any atom is -0.451 e. The number of carbonyl (C=O) groups is 2. The van der Waals surface area contributed by atoms with Crippen LogP contribution in [0.4, 0.5) is 5.69 Å². The molecule has 0 unspecified atom stereocenters. The van der Waals surface area contributed by atoms with Gasteiger partial charge in [-0.2, -0.15) is 5.26 Å². The second kappa shape index (κ2) is 8.65. The first-order valence-electron chi connectivity index (χ1n) is 7.13. The molecule has 0 aliphatic heterocycles. The van der Waals surface area contributed by atoms with Gasteiger partial charge in [0, 0.05) is 23.5 Å². The topological polar surface area (TPSA) is 83.3 Å².